The molecule has 2 saturated carbocycles. The van der Waals surface area contributed by atoms with Crippen LogP contribution in [-0.4, -0.2) is 46.2 Å². The van der Waals surface area contributed by atoms with Gasteiger partial charge in [0.05, 0.1) is 18.8 Å². The molecule has 1 amide bonds. The standard InChI is InChI=1S/C30H40N4O5/c1-6-37-28(35)27-25(18-31)26(20-8-15-23(16-9-20)38-24-14-7-19(2)17-24)33-34(27)22-12-10-21(11-13-22)32-29(36)39-30(3,4)5/h8-9,15-16,19,21-22,24H,6-7,10-14,17H2,1-5H3,(H,32,36). The van der Waals surface area contributed by atoms with E-state index < -0.39 is 17.7 Å². The summed E-state index contributed by atoms with van der Waals surface area (Å²) in [7, 11) is 0. The Morgan fingerprint density at radius 1 is 1.10 bits per heavy atom. The van der Waals surface area contributed by atoms with Gasteiger partial charge in [0.15, 0.2) is 5.69 Å². The summed E-state index contributed by atoms with van der Waals surface area (Å²) >= 11 is 0. The van der Waals surface area contributed by atoms with Crippen LogP contribution >= 0.6 is 0 Å². The van der Waals surface area contributed by atoms with E-state index in [0.717, 1.165) is 24.2 Å². The third-order valence-electron chi connectivity index (χ3n) is 7.33. The Labute approximate surface area is 230 Å². The third-order valence-corrected chi connectivity index (χ3v) is 7.33. The lowest BCUT2D eigenvalue weighted by molar-refractivity contribution is 0.0487. The first kappa shape index (κ1) is 28.5. The van der Waals surface area contributed by atoms with Crippen LogP contribution in [0, 0.1) is 17.2 Å². The van der Waals surface area contributed by atoms with Gasteiger partial charge in [-0.2, -0.15) is 10.4 Å². The first-order valence-corrected chi connectivity index (χ1v) is 14.0. The van der Waals surface area contributed by atoms with E-state index in [0.29, 0.717) is 37.3 Å². The Bertz CT molecular complexity index is 1200. The summed E-state index contributed by atoms with van der Waals surface area (Å²) in [6, 6.07) is 9.65. The molecule has 210 valence electrons. The van der Waals surface area contributed by atoms with Crippen molar-refractivity contribution in [3.05, 3.63) is 35.5 Å². The quantitative estimate of drug-likeness (QED) is 0.420. The van der Waals surface area contributed by atoms with Crippen molar-refractivity contribution in [2.24, 2.45) is 5.92 Å². The van der Waals surface area contributed by atoms with Gasteiger partial charge in [-0.05, 0) is 103 Å². The molecule has 9 nitrogen and oxygen atoms in total. The molecule has 2 atom stereocenters. The molecule has 2 fully saturated rings. The van der Waals surface area contributed by atoms with Gasteiger partial charge >= 0.3 is 12.1 Å². The Kier molecular flexibility index (Phi) is 8.83. The number of aromatic nitrogens is 2. The second-order valence-electron chi connectivity index (χ2n) is 11.7. The highest BCUT2D eigenvalue weighted by molar-refractivity contribution is 5.93. The summed E-state index contributed by atoms with van der Waals surface area (Å²) < 4.78 is 18.5. The van der Waals surface area contributed by atoms with E-state index in [2.05, 4.69) is 18.3 Å². The first-order valence-electron chi connectivity index (χ1n) is 14.0. The van der Waals surface area contributed by atoms with Gasteiger partial charge < -0.3 is 19.5 Å². The zero-order valence-electron chi connectivity index (χ0n) is 23.7. The molecular weight excluding hydrogens is 496 g/mol. The van der Waals surface area contributed by atoms with Crippen molar-refractivity contribution in [1.82, 2.24) is 15.1 Å². The summed E-state index contributed by atoms with van der Waals surface area (Å²) in [5, 5.41) is 17.8. The molecular formula is C30H40N4O5. The molecule has 2 aliphatic rings. The fraction of sp³-hybridized carbons (Fsp3) is 0.600. The molecule has 0 spiro atoms. The molecule has 0 saturated heterocycles. The van der Waals surface area contributed by atoms with Crippen LogP contribution in [0.1, 0.15) is 102 Å². The van der Waals surface area contributed by atoms with Gasteiger partial charge in [-0.15, -0.1) is 0 Å². The van der Waals surface area contributed by atoms with Crippen molar-refractivity contribution in [3.8, 4) is 23.1 Å². The number of hydrogen-bond acceptors (Lipinski definition) is 7. The highest BCUT2D eigenvalue weighted by atomic mass is 16.6. The number of carbonyl (C=O) groups is 2. The second-order valence-corrected chi connectivity index (χ2v) is 11.7. The molecule has 1 aromatic heterocycles. The Morgan fingerprint density at radius 2 is 1.79 bits per heavy atom. The second kappa shape index (κ2) is 12.1. The van der Waals surface area contributed by atoms with Crippen molar-refractivity contribution < 1.29 is 23.8 Å². The monoisotopic (exact) mass is 536 g/mol. The molecule has 0 bridgehead atoms. The number of nitrogens with zero attached hydrogens (tertiary/aromatic N) is 3. The number of hydrogen-bond donors (Lipinski definition) is 1. The average Bonchev–Trinajstić information content (AvgIpc) is 3.47. The number of rotatable bonds is 7. The summed E-state index contributed by atoms with van der Waals surface area (Å²) in [5.41, 5.74) is 1.02. The number of nitrogens with one attached hydrogen (secondary N) is 1. The number of benzene rings is 1. The lowest BCUT2D eigenvalue weighted by atomic mass is 9.91. The van der Waals surface area contributed by atoms with Crippen LogP contribution in [0.15, 0.2) is 24.3 Å². The first-order chi connectivity index (χ1) is 18.6. The number of nitriles is 1. The number of esters is 1. The molecule has 2 aliphatic carbocycles. The minimum Gasteiger partial charge on any atom is -0.490 e. The number of carbonyl (C=O) groups excluding carboxylic acids is 2. The van der Waals surface area contributed by atoms with Crippen molar-refractivity contribution in [3.63, 3.8) is 0 Å². The molecule has 0 aliphatic heterocycles. The Balaban J connectivity index is 1.53. The van der Waals surface area contributed by atoms with Crippen molar-refractivity contribution in [2.75, 3.05) is 6.61 Å². The van der Waals surface area contributed by atoms with Crippen LogP contribution in [-0.2, 0) is 9.47 Å². The molecule has 4 rings (SSSR count). The highest BCUT2D eigenvalue weighted by Crippen LogP contribution is 2.35. The van der Waals surface area contributed by atoms with Gasteiger partial charge in [0.1, 0.15) is 28.7 Å². The van der Waals surface area contributed by atoms with Gasteiger partial charge in [-0.3, -0.25) is 4.68 Å². The molecule has 1 N–H and O–H groups in total. The van der Waals surface area contributed by atoms with Crippen LogP contribution in [0.5, 0.6) is 5.75 Å². The van der Waals surface area contributed by atoms with Crippen LogP contribution in [0.25, 0.3) is 11.3 Å². The number of ether oxygens (including phenoxy) is 3. The summed E-state index contributed by atoms with van der Waals surface area (Å²) in [5.74, 6) is 0.912. The maximum Gasteiger partial charge on any atom is 0.407 e. The highest BCUT2D eigenvalue weighted by Gasteiger charge is 2.33. The van der Waals surface area contributed by atoms with Crippen LogP contribution < -0.4 is 10.1 Å². The molecule has 39 heavy (non-hydrogen) atoms. The van der Waals surface area contributed by atoms with E-state index in [4.69, 9.17) is 19.3 Å². The Hall–Kier alpha value is -3.54. The zero-order valence-corrected chi connectivity index (χ0v) is 23.7. The van der Waals surface area contributed by atoms with E-state index in [1.165, 1.54) is 6.42 Å². The number of alkyl carbamates (subject to hydrolysis) is 1. The lowest BCUT2D eigenvalue weighted by Gasteiger charge is -2.30. The summed E-state index contributed by atoms with van der Waals surface area (Å²) in [6.07, 6.45) is 5.88. The summed E-state index contributed by atoms with van der Waals surface area (Å²) in [4.78, 5) is 25.2. The minimum atomic E-state index is -0.561. The molecule has 2 aromatic rings. The fourth-order valence-corrected chi connectivity index (χ4v) is 5.49. The van der Waals surface area contributed by atoms with Crippen LogP contribution in [0.4, 0.5) is 4.79 Å². The molecule has 9 heteroatoms. The predicted octanol–water partition coefficient (Wildman–Crippen LogP) is 6.17. The van der Waals surface area contributed by atoms with Gasteiger partial charge in [0.2, 0.25) is 0 Å². The topological polar surface area (TPSA) is 115 Å². The van der Waals surface area contributed by atoms with Crippen LogP contribution in [0.3, 0.4) is 0 Å². The van der Waals surface area contributed by atoms with E-state index in [1.54, 1.807) is 11.6 Å². The zero-order chi connectivity index (χ0) is 28.2. The average molecular weight is 537 g/mol. The van der Waals surface area contributed by atoms with Gasteiger partial charge in [-0.1, -0.05) is 6.92 Å². The van der Waals surface area contributed by atoms with E-state index in [-0.39, 0.29) is 36.1 Å². The predicted molar refractivity (Wildman–Crippen MR) is 146 cm³/mol. The number of amides is 1. The normalized spacial score (nSPS) is 23.1. The molecule has 1 heterocycles. The van der Waals surface area contributed by atoms with Gasteiger partial charge in [0, 0.05) is 11.6 Å². The van der Waals surface area contributed by atoms with Crippen molar-refractivity contribution >= 4 is 12.1 Å². The van der Waals surface area contributed by atoms with E-state index in [9.17, 15) is 14.9 Å². The Morgan fingerprint density at radius 3 is 2.36 bits per heavy atom. The van der Waals surface area contributed by atoms with E-state index >= 15 is 0 Å². The fourth-order valence-electron chi connectivity index (χ4n) is 5.49. The lowest BCUT2D eigenvalue weighted by Crippen LogP contribution is -2.41. The minimum absolute atomic E-state index is 0.0250. The molecule has 1 aromatic carbocycles. The SMILES string of the molecule is CCOC(=O)c1c(C#N)c(-c2ccc(OC3CCC(C)C3)cc2)nn1C1CCC(NC(=O)OC(C)(C)C)CC1. The molecule has 0 radical (unpaired) electrons. The maximum atomic E-state index is 13.0. The van der Waals surface area contributed by atoms with Crippen molar-refractivity contribution in [1.29, 1.82) is 5.26 Å². The van der Waals surface area contributed by atoms with E-state index in [1.807, 2.05) is 45.0 Å². The van der Waals surface area contributed by atoms with Crippen LogP contribution in [0.2, 0.25) is 0 Å². The molecule has 2 unspecified atom stereocenters. The van der Waals surface area contributed by atoms with Crippen molar-refractivity contribution in [2.45, 2.75) is 103 Å². The maximum absolute atomic E-state index is 13.0. The van der Waals surface area contributed by atoms with Gasteiger partial charge in [-0.25, -0.2) is 9.59 Å². The largest absolute Gasteiger partial charge is 0.490 e. The summed E-state index contributed by atoms with van der Waals surface area (Å²) in [6.45, 7) is 9.68. The third kappa shape index (κ3) is 7.11. The smallest absolute Gasteiger partial charge is 0.407 e. The van der Waals surface area contributed by atoms with Gasteiger partial charge in [0.25, 0.3) is 0 Å².